The number of likely N-dealkylation sites (tertiary alicyclic amines) is 1. The molecule has 3 aromatic rings. The third kappa shape index (κ3) is 5.13. The minimum Gasteiger partial charge on any atom is -0.497 e. The SMILES string of the molecule is COc1ccc(S(=O)(=O)N(c2ccccc2)C2CCN([C@@H]3CCCC[C@@]3(O)c3ccccc3)CC2)cc1. The third-order valence-electron chi connectivity index (χ3n) is 8.01. The Kier molecular flexibility index (Phi) is 7.56. The van der Waals surface area contributed by atoms with Crippen LogP contribution in [0.2, 0.25) is 0 Å². The molecule has 1 heterocycles. The van der Waals surface area contributed by atoms with Gasteiger partial charge in [-0.05, 0) is 67.6 Å². The molecule has 6 nitrogen and oxygen atoms in total. The summed E-state index contributed by atoms with van der Waals surface area (Å²) in [6.45, 7) is 1.48. The largest absolute Gasteiger partial charge is 0.497 e. The van der Waals surface area contributed by atoms with Crippen LogP contribution in [0.4, 0.5) is 5.69 Å². The summed E-state index contributed by atoms with van der Waals surface area (Å²) in [5.74, 6) is 0.622. The highest BCUT2D eigenvalue weighted by Crippen LogP contribution is 2.41. The van der Waals surface area contributed by atoms with Crippen LogP contribution in [-0.2, 0) is 15.6 Å². The van der Waals surface area contributed by atoms with Crippen LogP contribution in [-0.4, -0.2) is 50.7 Å². The van der Waals surface area contributed by atoms with E-state index in [1.807, 2.05) is 60.7 Å². The molecular formula is C30H36N2O4S. The molecule has 37 heavy (non-hydrogen) atoms. The van der Waals surface area contributed by atoms with Crippen molar-refractivity contribution in [3.8, 4) is 5.75 Å². The first-order valence-corrected chi connectivity index (χ1v) is 14.6. The molecule has 2 atom stereocenters. The Balaban J connectivity index is 1.39. The van der Waals surface area contributed by atoms with E-state index >= 15 is 0 Å². The zero-order valence-corrected chi connectivity index (χ0v) is 22.2. The summed E-state index contributed by atoms with van der Waals surface area (Å²) in [5.41, 5.74) is 0.783. The average molecular weight is 521 g/mol. The number of piperidine rings is 1. The quantitative estimate of drug-likeness (QED) is 0.465. The van der Waals surface area contributed by atoms with E-state index in [0.717, 1.165) is 44.3 Å². The topological polar surface area (TPSA) is 70.1 Å². The third-order valence-corrected chi connectivity index (χ3v) is 9.90. The number of aliphatic hydroxyl groups is 1. The molecule has 0 spiro atoms. The van der Waals surface area contributed by atoms with Crippen LogP contribution in [0.15, 0.2) is 89.8 Å². The minimum atomic E-state index is -3.78. The van der Waals surface area contributed by atoms with Crippen LogP contribution < -0.4 is 9.04 Å². The Bertz CT molecular complexity index is 1260. The number of hydrogen-bond acceptors (Lipinski definition) is 5. The average Bonchev–Trinajstić information content (AvgIpc) is 2.95. The van der Waals surface area contributed by atoms with Gasteiger partial charge in [-0.2, -0.15) is 0 Å². The van der Waals surface area contributed by atoms with Crippen LogP contribution in [0.25, 0.3) is 0 Å². The second-order valence-electron chi connectivity index (χ2n) is 10.1. The van der Waals surface area contributed by atoms with Gasteiger partial charge < -0.3 is 9.84 Å². The van der Waals surface area contributed by atoms with Crippen molar-refractivity contribution < 1.29 is 18.3 Å². The number of benzene rings is 3. The van der Waals surface area contributed by atoms with Gasteiger partial charge in [0, 0.05) is 25.2 Å². The molecule has 0 aromatic heterocycles. The molecule has 1 saturated carbocycles. The Morgan fingerprint density at radius 1 is 0.865 bits per heavy atom. The van der Waals surface area contributed by atoms with Crippen molar-refractivity contribution in [1.82, 2.24) is 4.90 Å². The number of hydrogen-bond donors (Lipinski definition) is 1. The second kappa shape index (κ2) is 10.9. The van der Waals surface area contributed by atoms with E-state index in [4.69, 9.17) is 4.74 Å². The van der Waals surface area contributed by atoms with Crippen molar-refractivity contribution in [2.45, 2.75) is 61.1 Å². The molecule has 1 aliphatic heterocycles. The van der Waals surface area contributed by atoms with E-state index in [-0.39, 0.29) is 17.0 Å². The number of rotatable bonds is 7. The number of methoxy groups -OCH3 is 1. The van der Waals surface area contributed by atoms with E-state index in [1.54, 1.807) is 35.7 Å². The normalized spacial score (nSPS) is 23.5. The van der Waals surface area contributed by atoms with Crippen LogP contribution in [0.5, 0.6) is 5.75 Å². The second-order valence-corrected chi connectivity index (χ2v) is 11.9. The van der Waals surface area contributed by atoms with Gasteiger partial charge >= 0.3 is 0 Å². The Morgan fingerprint density at radius 3 is 2.11 bits per heavy atom. The maximum atomic E-state index is 13.9. The summed E-state index contributed by atoms with van der Waals surface area (Å²) < 4.78 is 34.7. The lowest BCUT2D eigenvalue weighted by atomic mass is 9.74. The van der Waals surface area contributed by atoms with Crippen molar-refractivity contribution in [2.75, 3.05) is 24.5 Å². The van der Waals surface area contributed by atoms with Gasteiger partial charge in [-0.15, -0.1) is 0 Å². The zero-order valence-electron chi connectivity index (χ0n) is 21.4. The molecule has 196 valence electrons. The molecule has 2 aliphatic rings. The molecule has 3 aromatic carbocycles. The first-order valence-electron chi connectivity index (χ1n) is 13.2. The van der Waals surface area contributed by atoms with E-state index in [1.165, 1.54) is 0 Å². The van der Waals surface area contributed by atoms with Gasteiger partial charge in [-0.1, -0.05) is 61.4 Å². The van der Waals surface area contributed by atoms with Crippen LogP contribution >= 0.6 is 0 Å². The molecule has 5 rings (SSSR count). The van der Waals surface area contributed by atoms with Crippen molar-refractivity contribution >= 4 is 15.7 Å². The molecule has 7 heteroatoms. The molecule has 1 aliphatic carbocycles. The monoisotopic (exact) mass is 520 g/mol. The highest BCUT2D eigenvalue weighted by Gasteiger charge is 2.45. The van der Waals surface area contributed by atoms with Gasteiger partial charge in [0.25, 0.3) is 10.0 Å². The Hall–Kier alpha value is -2.87. The highest BCUT2D eigenvalue weighted by molar-refractivity contribution is 7.92. The maximum Gasteiger partial charge on any atom is 0.264 e. The van der Waals surface area contributed by atoms with Crippen LogP contribution in [0, 0.1) is 0 Å². The van der Waals surface area contributed by atoms with Gasteiger partial charge in [0.05, 0.1) is 17.7 Å². The molecule has 0 bridgehead atoms. The van der Waals surface area contributed by atoms with E-state index in [0.29, 0.717) is 24.3 Å². The number of sulfonamides is 1. The number of nitrogens with zero attached hydrogens (tertiary/aromatic N) is 2. The molecule has 0 unspecified atom stereocenters. The summed E-state index contributed by atoms with van der Waals surface area (Å²) in [6, 6.07) is 25.9. The molecule has 0 radical (unpaired) electrons. The van der Waals surface area contributed by atoms with Crippen molar-refractivity contribution in [1.29, 1.82) is 0 Å². The van der Waals surface area contributed by atoms with E-state index in [2.05, 4.69) is 4.90 Å². The fourth-order valence-electron chi connectivity index (χ4n) is 6.10. The lowest BCUT2D eigenvalue weighted by Crippen LogP contribution is -2.57. The first kappa shape index (κ1) is 25.8. The maximum absolute atomic E-state index is 13.9. The number of para-hydroxylation sites is 1. The van der Waals surface area contributed by atoms with Gasteiger partial charge in [0.1, 0.15) is 11.4 Å². The van der Waals surface area contributed by atoms with Crippen molar-refractivity contribution in [3.63, 3.8) is 0 Å². The smallest absolute Gasteiger partial charge is 0.264 e. The van der Waals surface area contributed by atoms with Crippen LogP contribution in [0.1, 0.15) is 44.1 Å². The van der Waals surface area contributed by atoms with Gasteiger partial charge in [0.2, 0.25) is 0 Å². The standard InChI is InChI=1S/C30H36N2O4S/c1-36-27-15-17-28(18-16-27)37(34,35)32(25-12-6-3-7-13-25)26-19-22-31(23-20-26)29-14-8-9-21-30(29,33)24-10-4-2-5-11-24/h2-7,10-13,15-18,26,29,33H,8-9,14,19-23H2,1H3/t29-,30-/m1/s1. The Labute approximate surface area is 220 Å². The van der Waals surface area contributed by atoms with Crippen molar-refractivity contribution in [2.24, 2.45) is 0 Å². The summed E-state index contributed by atoms with van der Waals surface area (Å²) in [5, 5.41) is 11.9. The van der Waals surface area contributed by atoms with Gasteiger partial charge in [-0.3, -0.25) is 9.21 Å². The fourth-order valence-corrected chi connectivity index (χ4v) is 7.81. The summed E-state index contributed by atoms with van der Waals surface area (Å²) in [6.07, 6.45) is 5.21. The molecular weight excluding hydrogens is 484 g/mol. The highest BCUT2D eigenvalue weighted by atomic mass is 32.2. The van der Waals surface area contributed by atoms with Crippen LogP contribution in [0.3, 0.4) is 0 Å². The Morgan fingerprint density at radius 2 is 1.49 bits per heavy atom. The summed E-state index contributed by atoms with van der Waals surface area (Å²) in [7, 11) is -2.21. The predicted molar refractivity (Wildman–Crippen MR) is 146 cm³/mol. The first-order chi connectivity index (χ1) is 17.9. The number of anilines is 1. The summed E-state index contributed by atoms with van der Waals surface area (Å²) in [4.78, 5) is 2.65. The van der Waals surface area contributed by atoms with Crippen molar-refractivity contribution in [3.05, 3.63) is 90.5 Å². The van der Waals surface area contributed by atoms with Gasteiger partial charge in [-0.25, -0.2) is 8.42 Å². The predicted octanol–water partition coefficient (Wildman–Crippen LogP) is 5.19. The number of ether oxygens (including phenoxy) is 1. The van der Waals surface area contributed by atoms with E-state index < -0.39 is 15.6 Å². The minimum absolute atomic E-state index is 0.0352. The van der Waals surface area contributed by atoms with E-state index in [9.17, 15) is 13.5 Å². The van der Waals surface area contributed by atoms with Gasteiger partial charge in [0.15, 0.2) is 0 Å². The summed E-state index contributed by atoms with van der Waals surface area (Å²) >= 11 is 0. The molecule has 2 fully saturated rings. The molecule has 1 saturated heterocycles. The fraction of sp³-hybridized carbons (Fsp3) is 0.400. The lowest BCUT2D eigenvalue weighted by molar-refractivity contribution is -0.0849. The zero-order chi connectivity index (χ0) is 25.9. The molecule has 1 N–H and O–H groups in total. The molecule has 0 amide bonds. The lowest BCUT2D eigenvalue weighted by Gasteiger charge is -2.49.